The highest BCUT2D eigenvalue weighted by Gasteiger charge is 2.38. The number of hydrogen-bond donors (Lipinski definition) is 0. The predicted octanol–water partition coefficient (Wildman–Crippen LogP) is 5.21. The van der Waals surface area contributed by atoms with Crippen molar-refractivity contribution in [2.45, 2.75) is 24.5 Å². The zero-order valence-corrected chi connectivity index (χ0v) is 23.1. The third-order valence-electron chi connectivity index (χ3n) is 7.26. The van der Waals surface area contributed by atoms with Crippen LogP contribution in [0.1, 0.15) is 29.5 Å². The van der Waals surface area contributed by atoms with Crippen molar-refractivity contribution in [1.29, 1.82) is 0 Å². The summed E-state index contributed by atoms with van der Waals surface area (Å²) in [6.07, 6.45) is 5.51. The van der Waals surface area contributed by atoms with Crippen molar-refractivity contribution < 1.29 is 28.5 Å². The van der Waals surface area contributed by atoms with Crippen molar-refractivity contribution in [2.24, 2.45) is 0 Å². The Morgan fingerprint density at radius 3 is 1.67 bits per heavy atom. The van der Waals surface area contributed by atoms with Crippen molar-refractivity contribution in [3.05, 3.63) is 102 Å². The van der Waals surface area contributed by atoms with E-state index in [0.29, 0.717) is 13.2 Å². The van der Waals surface area contributed by atoms with Crippen LogP contribution in [0.5, 0.6) is 17.2 Å². The van der Waals surface area contributed by atoms with Gasteiger partial charge in [-0.3, -0.25) is 4.90 Å². The minimum atomic E-state index is -0.901. The zero-order valence-electron chi connectivity index (χ0n) is 23.1. The highest BCUT2D eigenvalue weighted by molar-refractivity contribution is 5.81. The largest absolute Gasteiger partial charge is 0.497 e. The number of nitrogens with zero attached hydrogens (tertiary/aromatic N) is 1. The summed E-state index contributed by atoms with van der Waals surface area (Å²) in [5.41, 5.74) is 2.02. The molecular weight excluding hydrogens is 494 g/mol. The normalized spacial score (nSPS) is 15.8. The molecule has 206 valence electrons. The topological polar surface area (TPSA) is 66.5 Å². The van der Waals surface area contributed by atoms with Crippen LogP contribution >= 0.6 is 0 Å². The molecule has 1 atom stereocenters. The van der Waals surface area contributed by atoms with E-state index >= 15 is 0 Å². The van der Waals surface area contributed by atoms with E-state index in [-0.39, 0.29) is 12.0 Å². The third-order valence-corrected chi connectivity index (χ3v) is 7.26. The molecule has 0 bridgehead atoms. The van der Waals surface area contributed by atoms with Crippen molar-refractivity contribution in [2.75, 3.05) is 48.1 Å². The zero-order chi connectivity index (χ0) is 27.7. The van der Waals surface area contributed by atoms with Crippen molar-refractivity contribution in [3.8, 4) is 17.2 Å². The molecule has 0 aromatic heterocycles. The summed E-state index contributed by atoms with van der Waals surface area (Å²) in [7, 11) is 6.37. The predicted molar refractivity (Wildman–Crippen MR) is 151 cm³/mol. The van der Waals surface area contributed by atoms with E-state index < -0.39 is 5.60 Å². The third kappa shape index (κ3) is 6.44. The minimum absolute atomic E-state index is 0.171. The standard InChI is InChI=1S/C32H37NO6/c1-35-28-14-7-24(8-15-28)32(25-9-16-29(36-2)17-10-25,26-11-18-30(37-3)19-12-26)39-23-22-33-21-5-6-27(33)13-20-31(34)38-4/h7-20,27H,5-6,21-23H2,1-4H3/b20-13-. The maximum absolute atomic E-state index is 11.6. The summed E-state index contributed by atoms with van der Waals surface area (Å²) in [4.78, 5) is 14.0. The van der Waals surface area contributed by atoms with Gasteiger partial charge < -0.3 is 23.7 Å². The summed E-state index contributed by atoms with van der Waals surface area (Å²) in [5.74, 6) is 1.98. The highest BCUT2D eigenvalue weighted by atomic mass is 16.5. The fourth-order valence-electron chi connectivity index (χ4n) is 5.15. The van der Waals surface area contributed by atoms with Gasteiger partial charge in [-0.15, -0.1) is 0 Å². The van der Waals surface area contributed by atoms with Gasteiger partial charge in [-0.1, -0.05) is 42.5 Å². The molecule has 39 heavy (non-hydrogen) atoms. The monoisotopic (exact) mass is 531 g/mol. The number of carbonyl (C=O) groups excluding carboxylic acids is 1. The fraction of sp³-hybridized carbons (Fsp3) is 0.344. The number of likely N-dealkylation sites (tertiary alicyclic amines) is 1. The van der Waals surface area contributed by atoms with Crippen LogP contribution in [-0.2, 0) is 19.9 Å². The average molecular weight is 532 g/mol. The van der Waals surface area contributed by atoms with E-state index in [0.717, 1.165) is 53.3 Å². The lowest BCUT2D eigenvalue weighted by Crippen LogP contribution is -2.37. The molecule has 0 amide bonds. The smallest absolute Gasteiger partial charge is 0.330 e. The summed E-state index contributed by atoms with van der Waals surface area (Å²) in [6.45, 7) is 2.12. The van der Waals surface area contributed by atoms with Crippen molar-refractivity contribution >= 4 is 5.97 Å². The first-order chi connectivity index (χ1) is 19.0. The van der Waals surface area contributed by atoms with Gasteiger partial charge in [-0.05, 0) is 72.5 Å². The maximum Gasteiger partial charge on any atom is 0.330 e. The number of ether oxygens (including phenoxy) is 5. The van der Waals surface area contributed by atoms with E-state index in [1.807, 2.05) is 78.9 Å². The van der Waals surface area contributed by atoms with E-state index in [1.54, 1.807) is 21.3 Å². The van der Waals surface area contributed by atoms with E-state index in [1.165, 1.54) is 13.2 Å². The molecule has 3 aromatic rings. The lowest BCUT2D eigenvalue weighted by molar-refractivity contribution is -0.134. The molecule has 3 aromatic carbocycles. The first kappa shape index (κ1) is 28.2. The molecule has 4 rings (SSSR count). The van der Waals surface area contributed by atoms with Crippen LogP contribution in [0.4, 0.5) is 0 Å². The lowest BCUT2D eigenvalue weighted by Gasteiger charge is -2.37. The molecule has 1 aliphatic rings. The van der Waals surface area contributed by atoms with Gasteiger partial charge >= 0.3 is 5.97 Å². The molecule has 7 heteroatoms. The van der Waals surface area contributed by atoms with Crippen LogP contribution in [-0.4, -0.2) is 65.0 Å². The van der Waals surface area contributed by atoms with Gasteiger partial charge in [0, 0.05) is 18.7 Å². The Labute approximate surface area is 230 Å². The van der Waals surface area contributed by atoms with Crippen LogP contribution in [0.25, 0.3) is 0 Å². The summed E-state index contributed by atoms with van der Waals surface area (Å²) < 4.78 is 28.1. The number of methoxy groups -OCH3 is 4. The van der Waals surface area contributed by atoms with Gasteiger partial charge in [-0.2, -0.15) is 0 Å². The molecule has 0 saturated carbocycles. The SMILES string of the molecule is COC(=O)/C=C\C1CCCN1CCOC(c1ccc(OC)cc1)(c1ccc(OC)cc1)c1ccc(OC)cc1. The molecule has 1 saturated heterocycles. The van der Waals surface area contributed by atoms with Gasteiger partial charge in [0.2, 0.25) is 0 Å². The Hall–Kier alpha value is -3.81. The molecule has 7 nitrogen and oxygen atoms in total. The van der Waals surface area contributed by atoms with Gasteiger partial charge in [0.05, 0.1) is 35.0 Å². The van der Waals surface area contributed by atoms with Crippen molar-refractivity contribution in [3.63, 3.8) is 0 Å². The molecule has 0 aliphatic carbocycles. The Kier molecular flexibility index (Phi) is 9.63. The quantitative estimate of drug-likeness (QED) is 0.180. The molecule has 0 radical (unpaired) electrons. The lowest BCUT2D eigenvalue weighted by atomic mass is 9.80. The molecule has 1 unspecified atom stereocenters. The number of benzene rings is 3. The van der Waals surface area contributed by atoms with Crippen LogP contribution in [0, 0.1) is 0 Å². The van der Waals surface area contributed by atoms with Gasteiger partial charge in [0.1, 0.15) is 22.8 Å². The van der Waals surface area contributed by atoms with Gasteiger partial charge in [-0.25, -0.2) is 4.79 Å². The number of carbonyl (C=O) groups is 1. The summed E-state index contributed by atoms with van der Waals surface area (Å²) >= 11 is 0. The van der Waals surface area contributed by atoms with E-state index in [4.69, 9.17) is 23.7 Å². The Morgan fingerprint density at radius 1 is 0.795 bits per heavy atom. The van der Waals surface area contributed by atoms with Crippen LogP contribution < -0.4 is 14.2 Å². The van der Waals surface area contributed by atoms with E-state index in [9.17, 15) is 4.79 Å². The van der Waals surface area contributed by atoms with Crippen LogP contribution in [0.15, 0.2) is 84.9 Å². The first-order valence-electron chi connectivity index (χ1n) is 13.1. The molecular formula is C32H37NO6. The summed E-state index contributed by atoms with van der Waals surface area (Å²) in [5, 5.41) is 0. The second-order valence-electron chi connectivity index (χ2n) is 9.34. The molecule has 1 fully saturated rings. The Bertz CT molecular complexity index is 1110. The number of esters is 1. The van der Waals surface area contributed by atoms with Crippen molar-refractivity contribution in [1.82, 2.24) is 4.90 Å². The molecule has 0 spiro atoms. The molecule has 1 aliphatic heterocycles. The maximum atomic E-state index is 11.6. The van der Waals surface area contributed by atoms with Gasteiger partial charge in [0.25, 0.3) is 0 Å². The van der Waals surface area contributed by atoms with Crippen LogP contribution in [0.3, 0.4) is 0 Å². The fourth-order valence-corrected chi connectivity index (χ4v) is 5.15. The highest BCUT2D eigenvalue weighted by Crippen LogP contribution is 2.42. The average Bonchev–Trinajstić information content (AvgIpc) is 3.45. The Morgan fingerprint density at radius 2 is 1.26 bits per heavy atom. The first-order valence-corrected chi connectivity index (χ1v) is 13.1. The number of hydrogen-bond acceptors (Lipinski definition) is 7. The Balaban J connectivity index is 1.72. The number of rotatable bonds is 12. The second-order valence-corrected chi connectivity index (χ2v) is 9.34. The van der Waals surface area contributed by atoms with Gasteiger partial charge in [0.15, 0.2) is 0 Å². The molecule has 1 heterocycles. The molecule has 0 N–H and O–H groups in total. The second kappa shape index (κ2) is 13.3. The van der Waals surface area contributed by atoms with E-state index in [2.05, 4.69) is 4.90 Å². The minimum Gasteiger partial charge on any atom is -0.497 e. The summed E-state index contributed by atoms with van der Waals surface area (Å²) in [6, 6.07) is 24.2. The van der Waals surface area contributed by atoms with Crippen LogP contribution in [0.2, 0.25) is 0 Å².